The van der Waals surface area contributed by atoms with Crippen molar-refractivity contribution in [2.45, 2.75) is 183 Å². The van der Waals surface area contributed by atoms with Crippen LogP contribution in [0.3, 0.4) is 0 Å². The molecule has 7 amide bonds. The molecule has 0 rings (SSSR count). The highest BCUT2D eigenvalue weighted by molar-refractivity contribution is 5.98. The SMILES string of the molecule is CCC(C)C(NC(=O)C(CC(=O)O)NC(=O)C(N)CC(C)C)C(=O)NC(CC(C)C)C(=O)NC(CC(C)C)C(=O)NC(CC(C)C)C(=O)NC(CCC(=O)O)C(=O)NC(C(=O)O)C(C)C. The fourth-order valence-corrected chi connectivity index (χ4v) is 6.72. The number of amides is 7. The van der Waals surface area contributed by atoms with Gasteiger partial charge in [-0.3, -0.25) is 43.2 Å². The first-order valence-electron chi connectivity index (χ1n) is 22.5. The molecule has 0 spiro atoms. The summed E-state index contributed by atoms with van der Waals surface area (Å²) in [4.78, 5) is 130. The van der Waals surface area contributed by atoms with Gasteiger partial charge in [0, 0.05) is 6.42 Å². The largest absolute Gasteiger partial charge is 0.481 e. The van der Waals surface area contributed by atoms with Crippen molar-refractivity contribution in [1.29, 1.82) is 0 Å². The highest BCUT2D eigenvalue weighted by atomic mass is 16.4. The van der Waals surface area contributed by atoms with Crippen molar-refractivity contribution in [1.82, 2.24) is 37.2 Å². The third-order valence-corrected chi connectivity index (χ3v) is 10.4. The van der Waals surface area contributed by atoms with Crippen LogP contribution in [0.25, 0.3) is 0 Å². The Morgan fingerprint density at radius 3 is 1.14 bits per heavy atom. The van der Waals surface area contributed by atoms with E-state index in [1.165, 1.54) is 0 Å². The van der Waals surface area contributed by atoms with Gasteiger partial charge in [-0.15, -0.1) is 0 Å². The van der Waals surface area contributed by atoms with E-state index >= 15 is 0 Å². The third-order valence-electron chi connectivity index (χ3n) is 10.4. The summed E-state index contributed by atoms with van der Waals surface area (Å²) in [6.07, 6.45) is -0.891. The third kappa shape index (κ3) is 23.4. The Kier molecular flexibility index (Phi) is 26.8. The molecule has 0 aromatic carbocycles. The lowest BCUT2D eigenvalue weighted by Gasteiger charge is -2.30. The number of carbonyl (C=O) groups excluding carboxylic acids is 7. The van der Waals surface area contributed by atoms with E-state index in [0.29, 0.717) is 6.42 Å². The quantitative estimate of drug-likeness (QED) is 0.0463. The van der Waals surface area contributed by atoms with Crippen LogP contribution in [0.15, 0.2) is 0 Å². The van der Waals surface area contributed by atoms with Crippen LogP contribution in [0.5, 0.6) is 0 Å². The minimum absolute atomic E-state index is 0.0323. The molecule has 0 saturated heterocycles. The molecule has 21 nitrogen and oxygen atoms in total. The van der Waals surface area contributed by atoms with Crippen molar-refractivity contribution in [3.8, 4) is 0 Å². The van der Waals surface area contributed by atoms with Crippen LogP contribution in [0.2, 0.25) is 0 Å². The predicted octanol–water partition coefficient (Wildman–Crippen LogP) is 1.02. The highest BCUT2D eigenvalue weighted by Gasteiger charge is 2.37. The van der Waals surface area contributed by atoms with Crippen molar-refractivity contribution in [3.05, 3.63) is 0 Å². The molecule has 0 fully saturated rings. The van der Waals surface area contributed by atoms with E-state index in [9.17, 15) is 63.3 Å². The van der Waals surface area contributed by atoms with Crippen LogP contribution in [0.4, 0.5) is 0 Å². The summed E-state index contributed by atoms with van der Waals surface area (Å²) in [6.45, 7) is 20.9. The van der Waals surface area contributed by atoms with Crippen LogP contribution in [0.1, 0.15) is 134 Å². The first kappa shape index (κ1) is 59.7. The van der Waals surface area contributed by atoms with Gasteiger partial charge < -0.3 is 58.3 Å². The number of hydrogen-bond acceptors (Lipinski definition) is 11. The number of carbonyl (C=O) groups is 10. The molecule has 0 aliphatic rings. The van der Waals surface area contributed by atoms with Crippen LogP contribution < -0.4 is 43.0 Å². The number of nitrogens with two attached hydrogens (primary N) is 1. The molecule has 12 N–H and O–H groups in total. The molecule has 65 heavy (non-hydrogen) atoms. The number of hydrogen-bond donors (Lipinski definition) is 11. The maximum atomic E-state index is 14.1. The molecular formula is C44H78N8O13. The average molecular weight is 927 g/mol. The predicted molar refractivity (Wildman–Crippen MR) is 240 cm³/mol. The van der Waals surface area contributed by atoms with Gasteiger partial charge in [-0.1, -0.05) is 89.5 Å². The van der Waals surface area contributed by atoms with Crippen LogP contribution in [0, 0.1) is 35.5 Å². The van der Waals surface area contributed by atoms with Gasteiger partial charge in [0.25, 0.3) is 0 Å². The fraction of sp³-hybridized carbons (Fsp3) is 0.773. The number of aliphatic carboxylic acids is 3. The van der Waals surface area contributed by atoms with Crippen LogP contribution >= 0.6 is 0 Å². The van der Waals surface area contributed by atoms with Gasteiger partial charge in [-0.25, -0.2) is 4.79 Å². The smallest absolute Gasteiger partial charge is 0.326 e. The number of carboxylic acid groups (broad SMARTS) is 3. The summed E-state index contributed by atoms with van der Waals surface area (Å²) in [5.41, 5.74) is 5.97. The summed E-state index contributed by atoms with van der Waals surface area (Å²) in [6, 6.07) is -10.5. The van der Waals surface area contributed by atoms with Crippen molar-refractivity contribution in [2.24, 2.45) is 41.2 Å². The zero-order chi connectivity index (χ0) is 50.5. The minimum Gasteiger partial charge on any atom is -0.481 e. The van der Waals surface area contributed by atoms with Crippen molar-refractivity contribution in [3.63, 3.8) is 0 Å². The number of nitrogens with one attached hydrogen (secondary N) is 7. The minimum atomic E-state index is -1.58. The normalized spacial score (nSPS) is 15.7. The zero-order valence-electron chi connectivity index (χ0n) is 40.2. The van der Waals surface area contributed by atoms with E-state index in [2.05, 4.69) is 37.2 Å². The van der Waals surface area contributed by atoms with Crippen molar-refractivity contribution < 1.29 is 63.3 Å². The second kappa shape index (κ2) is 29.2. The molecule has 0 aromatic rings. The number of rotatable bonds is 31. The maximum Gasteiger partial charge on any atom is 0.326 e. The van der Waals surface area contributed by atoms with E-state index in [1.807, 2.05) is 13.8 Å². The van der Waals surface area contributed by atoms with Gasteiger partial charge in [0.15, 0.2) is 0 Å². The molecule has 0 aliphatic carbocycles. The van der Waals surface area contributed by atoms with Crippen LogP contribution in [-0.4, -0.2) is 123 Å². The summed E-state index contributed by atoms with van der Waals surface area (Å²) < 4.78 is 0. The lowest BCUT2D eigenvalue weighted by atomic mass is 9.95. The van der Waals surface area contributed by atoms with E-state index in [-0.39, 0.29) is 55.8 Å². The summed E-state index contributed by atoms with van der Waals surface area (Å²) >= 11 is 0. The number of carboxylic acids is 3. The molecule has 0 radical (unpaired) electrons. The summed E-state index contributed by atoms with van der Waals surface area (Å²) in [5, 5.41) is 46.3. The molecule has 21 heteroatoms. The maximum absolute atomic E-state index is 14.1. The van der Waals surface area contributed by atoms with Gasteiger partial charge in [0.1, 0.15) is 42.3 Å². The summed E-state index contributed by atoms with van der Waals surface area (Å²) in [7, 11) is 0. The Bertz CT molecular complexity index is 1640. The standard InChI is InChI=1S/C44H78N8O13/c1-13-26(12)36(52-42(62)32(20-34(55)56)47-37(57)27(45)16-21(2)3)43(63)50-31(19-24(8)9)41(61)49-30(18-23(6)7)40(60)48-29(17-22(4)5)39(59)46-28(14-15-33(53)54)38(58)51-35(25(10)11)44(64)65/h21-32,35-36H,13-20,45H2,1-12H3,(H,46,59)(H,47,57)(H,48,60)(H,49,61)(H,50,63)(H,51,58)(H,52,62)(H,53,54)(H,55,56)(H,64,65). The molecule has 0 bridgehead atoms. The molecule has 0 aliphatic heterocycles. The average Bonchev–Trinajstić information content (AvgIpc) is 3.17. The summed E-state index contributed by atoms with van der Waals surface area (Å²) in [5.74, 6) is -11.4. The molecule has 372 valence electrons. The van der Waals surface area contributed by atoms with Gasteiger partial charge in [0.2, 0.25) is 41.4 Å². The Morgan fingerprint density at radius 1 is 0.431 bits per heavy atom. The highest BCUT2D eigenvalue weighted by Crippen LogP contribution is 2.15. The van der Waals surface area contributed by atoms with E-state index in [0.717, 1.165) is 0 Å². The first-order chi connectivity index (χ1) is 30.0. The van der Waals surface area contributed by atoms with Crippen LogP contribution in [-0.2, 0) is 47.9 Å². The Labute approximate surface area is 383 Å². The Hall–Kier alpha value is -5.34. The second-order valence-electron chi connectivity index (χ2n) is 18.9. The zero-order valence-corrected chi connectivity index (χ0v) is 40.2. The van der Waals surface area contributed by atoms with E-state index in [1.54, 1.807) is 69.2 Å². The van der Waals surface area contributed by atoms with Crippen molar-refractivity contribution in [2.75, 3.05) is 0 Å². The molecule has 0 saturated carbocycles. The monoisotopic (exact) mass is 927 g/mol. The Balaban J connectivity index is 6.60. The second-order valence-corrected chi connectivity index (χ2v) is 18.9. The molecule has 0 heterocycles. The van der Waals surface area contributed by atoms with E-state index < -0.39 is 132 Å². The van der Waals surface area contributed by atoms with Gasteiger partial charge >= 0.3 is 17.9 Å². The Morgan fingerprint density at radius 2 is 0.785 bits per heavy atom. The first-order valence-corrected chi connectivity index (χ1v) is 22.5. The topological polar surface area (TPSA) is 342 Å². The van der Waals surface area contributed by atoms with Gasteiger partial charge in [-0.2, -0.15) is 0 Å². The molecule has 0 aromatic heterocycles. The van der Waals surface area contributed by atoms with Gasteiger partial charge in [-0.05, 0) is 67.6 Å². The van der Waals surface area contributed by atoms with Gasteiger partial charge in [0.05, 0.1) is 12.5 Å². The fourth-order valence-electron chi connectivity index (χ4n) is 6.72. The van der Waals surface area contributed by atoms with Crippen molar-refractivity contribution >= 4 is 59.3 Å². The lowest BCUT2D eigenvalue weighted by Crippen LogP contribution is -2.61. The molecule has 9 atom stereocenters. The molecular weight excluding hydrogens is 849 g/mol. The lowest BCUT2D eigenvalue weighted by molar-refractivity contribution is -0.144. The van der Waals surface area contributed by atoms with E-state index in [4.69, 9.17) is 5.73 Å². The molecule has 9 unspecified atom stereocenters.